The van der Waals surface area contributed by atoms with E-state index >= 15 is 0 Å². The standard InChI is InChI=1S/C17H18BrNO5S/c1-4-23-13-6-5-11(7-12(13)18)8-14-16(21)19(17(22)25-14)9-15(20)24-10(2)3/h5-8,10H,4,9H2,1-3H3/b14-8-. The largest absolute Gasteiger partial charge is 0.493 e. The molecule has 25 heavy (non-hydrogen) atoms. The minimum absolute atomic E-state index is 0.262. The molecular formula is C17H18BrNO5S. The van der Waals surface area contributed by atoms with E-state index in [1.165, 1.54) is 0 Å². The van der Waals surface area contributed by atoms with Gasteiger partial charge in [0.25, 0.3) is 11.1 Å². The molecule has 0 aliphatic carbocycles. The minimum atomic E-state index is -0.609. The van der Waals surface area contributed by atoms with E-state index in [4.69, 9.17) is 9.47 Å². The Hall–Kier alpha value is -1.80. The molecule has 0 unspecified atom stereocenters. The number of hydrogen-bond acceptors (Lipinski definition) is 6. The predicted molar refractivity (Wildman–Crippen MR) is 99.2 cm³/mol. The van der Waals surface area contributed by atoms with Crippen molar-refractivity contribution in [2.45, 2.75) is 26.9 Å². The number of ether oxygens (including phenoxy) is 2. The molecule has 1 saturated heterocycles. The number of rotatable bonds is 6. The van der Waals surface area contributed by atoms with Crippen molar-refractivity contribution in [2.24, 2.45) is 0 Å². The van der Waals surface area contributed by atoms with E-state index in [0.717, 1.165) is 26.7 Å². The van der Waals surface area contributed by atoms with Gasteiger partial charge in [0.1, 0.15) is 12.3 Å². The molecule has 8 heteroatoms. The third-order valence-corrected chi connectivity index (χ3v) is 4.61. The molecule has 1 fully saturated rings. The first-order chi connectivity index (χ1) is 11.8. The van der Waals surface area contributed by atoms with Crippen molar-refractivity contribution in [3.63, 3.8) is 0 Å². The fourth-order valence-corrected chi connectivity index (χ4v) is 3.45. The van der Waals surface area contributed by atoms with Gasteiger partial charge in [-0.1, -0.05) is 6.07 Å². The topological polar surface area (TPSA) is 72.9 Å². The van der Waals surface area contributed by atoms with Gasteiger partial charge in [-0.05, 0) is 72.2 Å². The van der Waals surface area contributed by atoms with E-state index < -0.39 is 17.1 Å². The van der Waals surface area contributed by atoms with Crippen LogP contribution >= 0.6 is 27.7 Å². The summed E-state index contributed by atoms with van der Waals surface area (Å²) in [7, 11) is 0. The summed E-state index contributed by atoms with van der Waals surface area (Å²) >= 11 is 4.21. The molecule has 1 aromatic rings. The van der Waals surface area contributed by atoms with Gasteiger partial charge < -0.3 is 9.47 Å². The monoisotopic (exact) mass is 427 g/mol. The average molecular weight is 428 g/mol. The number of thioether (sulfide) groups is 1. The molecule has 0 aromatic heterocycles. The van der Waals surface area contributed by atoms with Gasteiger partial charge in [-0.25, -0.2) is 0 Å². The smallest absolute Gasteiger partial charge is 0.326 e. The Bertz CT molecular complexity index is 732. The van der Waals surface area contributed by atoms with Crippen LogP contribution in [0.3, 0.4) is 0 Å². The van der Waals surface area contributed by atoms with Crippen molar-refractivity contribution in [1.29, 1.82) is 0 Å². The third-order valence-electron chi connectivity index (χ3n) is 3.08. The first kappa shape index (κ1) is 19.5. The molecule has 1 heterocycles. The third kappa shape index (κ3) is 5.09. The van der Waals surface area contributed by atoms with Crippen molar-refractivity contribution in [2.75, 3.05) is 13.2 Å². The summed E-state index contributed by atoms with van der Waals surface area (Å²) in [6.07, 6.45) is 1.31. The fraction of sp³-hybridized carbons (Fsp3) is 0.353. The quantitative estimate of drug-likeness (QED) is 0.507. The lowest BCUT2D eigenvalue weighted by molar-refractivity contribution is -0.149. The number of imide groups is 1. The second-order valence-electron chi connectivity index (χ2n) is 5.43. The summed E-state index contributed by atoms with van der Waals surface area (Å²) < 4.78 is 11.2. The number of carbonyl (C=O) groups excluding carboxylic acids is 3. The zero-order chi connectivity index (χ0) is 18.6. The lowest BCUT2D eigenvalue weighted by Crippen LogP contribution is -2.35. The Balaban J connectivity index is 2.14. The van der Waals surface area contributed by atoms with Gasteiger partial charge in [-0.15, -0.1) is 0 Å². The molecule has 0 N–H and O–H groups in total. The van der Waals surface area contributed by atoms with E-state index in [1.807, 2.05) is 6.92 Å². The molecule has 1 aliphatic heterocycles. The number of nitrogens with zero attached hydrogens (tertiary/aromatic N) is 1. The van der Waals surface area contributed by atoms with Crippen LogP contribution in [0.25, 0.3) is 6.08 Å². The minimum Gasteiger partial charge on any atom is -0.493 e. The van der Waals surface area contributed by atoms with Crippen molar-refractivity contribution < 1.29 is 23.9 Å². The van der Waals surface area contributed by atoms with Gasteiger partial charge in [0.05, 0.1) is 22.1 Å². The number of carbonyl (C=O) groups is 3. The summed E-state index contributed by atoms with van der Waals surface area (Å²) in [4.78, 5) is 37.2. The van der Waals surface area contributed by atoms with E-state index in [-0.39, 0.29) is 17.6 Å². The average Bonchev–Trinajstić information content (AvgIpc) is 2.77. The van der Waals surface area contributed by atoms with E-state index in [2.05, 4.69) is 15.9 Å². The summed E-state index contributed by atoms with van der Waals surface area (Å²) in [6, 6.07) is 5.37. The predicted octanol–water partition coefficient (Wildman–Crippen LogP) is 3.84. The zero-order valence-corrected chi connectivity index (χ0v) is 16.5. The fourth-order valence-electron chi connectivity index (χ4n) is 2.10. The van der Waals surface area contributed by atoms with Gasteiger partial charge in [0.15, 0.2) is 0 Å². The first-order valence-corrected chi connectivity index (χ1v) is 9.30. The number of hydrogen-bond donors (Lipinski definition) is 0. The van der Waals surface area contributed by atoms with Gasteiger partial charge >= 0.3 is 5.97 Å². The summed E-state index contributed by atoms with van der Waals surface area (Å²) in [6.45, 7) is 5.46. The maximum Gasteiger partial charge on any atom is 0.326 e. The van der Waals surface area contributed by atoms with Crippen LogP contribution in [0.4, 0.5) is 4.79 Å². The zero-order valence-electron chi connectivity index (χ0n) is 14.1. The Morgan fingerprint density at radius 2 is 2.08 bits per heavy atom. The maximum absolute atomic E-state index is 12.4. The Labute approximate surface area is 158 Å². The highest BCUT2D eigenvalue weighted by Crippen LogP contribution is 2.33. The van der Waals surface area contributed by atoms with Crippen LogP contribution in [0.1, 0.15) is 26.3 Å². The molecule has 6 nitrogen and oxygen atoms in total. The van der Waals surface area contributed by atoms with Crippen molar-refractivity contribution in [3.8, 4) is 5.75 Å². The lowest BCUT2D eigenvalue weighted by Gasteiger charge is -2.13. The molecule has 1 aliphatic rings. The van der Waals surface area contributed by atoms with Crippen molar-refractivity contribution in [1.82, 2.24) is 4.90 Å². The molecule has 2 amide bonds. The molecule has 134 valence electrons. The second kappa shape index (κ2) is 8.53. The maximum atomic E-state index is 12.4. The highest BCUT2D eigenvalue weighted by atomic mass is 79.9. The van der Waals surface area contributed by atoms with E-state index in [9.17, 15) is 14.4 Å². The Morgan fingerprint density at radius 1 is 1.36 bits per heavy atom. The molecule has 0 bridgehead atoms. The van der Waals surface area contributed by atoms with Crippen LogP contribution in [0.15, 0.2) is 27.6 Å². The molecule has 2 rings (SSSR count). The molecule has 0 spiro atoms. The van der Waals surface area contributed by atoms with E-state index in [0.29, 0.717) is 12.4 Å². The van der Waals surface area contributed by atoms with Gasteiger partial charge in [0, 0.05) is 0 Å². The first-order valence-electron chi connectivity index (χ1n) is 7.69. The Kier molecular flexibility index (Phi) is 6.66. The molecule has 0 saturated carbocycles. The van der Waals surface area contributed by atoms with Crippen LogP contribution in [0, 0.1) is 0 Å². The molecule has 1 aromatic carbocycles. The summed E-state index contributed by atoms with van der Waals surface area (Å²) in [5.41, 5.74) is 0.741. The van der Waals surface area contributed by atoms with Crippen molar-refractivity contribution >= 4 is 50.9 Å². The van der Waals surface area contributed by atoms with Crippen LogP contribution < -0.4 is 4.74 Å². The van der Waals surface area contributed by atoms with Gasteiger partial charge in [-0.2, -0.15) is 0 Å². The van der Waals surface area contributed by atoms with Crippen LogP contribution in [-0.4, -0.2) is 41.3 Å². The van der Waals surface area contributed by atoms with E-state index in [1.54, 1.807) is 38.1 Å². The highest BCUT2D eigenvalue weighted by Gasteiger charge is 2.36. The van der Waals surface area contributed by atoms with Gasteiger partial charge in [0.2, 0.25) is 0 Å². The van der Waals surface area contributed by atoms with Crippen molar-refractivity contribution in [3.05, 3.63) is 33.1 Å². The van der Waals surface area contributed by atoms with Crippen LogP contribution in [0.2, 0.25) is 0 Å². The lowest BCUT2D eigenvalue weighted by atomic mass is 10.2. The highest BCUT2D eigenvalue weighted by molar-refractivity contribution is 9.10. The number of halogens is 1. The molecular weight excluding hydrogens is 410 g/mol. The van der Waals surface area contributed by atoms with Gasteiger partial charge in [-0.3, -0.25) is 19.3 Å². The SMILES string of the molecule is CCOc1ccc(/C=C2\SC(=O)N(CC(=O)OC(C)C)C2=O)cc1Br. The number of amides is 2. The van der Waals surface area contributed by atoms with Crippen LogP contribution in [-0.2, 0) is 14.3 Å². The summed E-state index contributed by atoms with van der Waals surface area (Å²) in [5.74, 6) is -0.410. The van der Waals surface area contributed by atoms with Crippen LogP contribution in [0.5, 0.6) is 5.75 Å². The number of benzene rings is 1. The summed E-state index contributed by atoms with van der Waals surface area (Å²) in [5, 5.41) is -0.484. The normalized spacial score (nSPS) is 16.0. The number of esters is 1. The second-order valence-corrected chi connectivity index (χ2v) is 7.28. The molecule has 0 radical (unpaired) electrons. The Morgan fingerprint density at radius 3 is 2.68 bits per heavy atom. The molecule has 0 atom stereocenters.